The molecule has 0 saturated carbocycles. The van der Waals surface area contributed by atoms with E-state index in [1.54, 1.807) is 36.6 Å². The first-order valence-corrected chi connectivity index (χ1v) is 11.9. The van der Waals surface area contributed by atoms with E-state index in [9.17, 15) is 9.59 Å². The molecule has 0 radical (unpaired) electrons. The Hall–Kier alpha value is -3.92. The summed E-state index contributed by atoms with van der Waals surface area (Å²) in [5, 5.41) is 6.17. The molecule has 0 spiro atoms. The number of hydrogen-bond acceptors (Lipinski definition) is 8. The Balaban J connectivity index is 1.58. The van der Waals surface area contributed by atoms with E-state index in [1.165, 1.54) is 16.9 Å². The number of rotatable bonds is 10. The largest absolute Gasteiger partial charge is 0.496 e. The third-order valence-electron chi connectivity index (χ3n) is 5.58. The van der Waals surface area contributed by atoms with Gasteiger partial charge in [-0.15, -0.1) is 11.3 Å². The van der Waals surface area contributed by atoms with Crippen molar-refractivity contribution in [2.45, 2.75) is 26.3 Å². The average Bonchev–Trinajstić information content (AvgIpc) is 3.52. The summed E-state index contributed by atoms with van der Waals surface area (Å²) in [5.74, 6) is 0.634. The average molecular weight is 495 g/mol. The number of aryl methyl sites for hydroxylation is 1. The lowest BCUT2D eigenvalue weighted by Gasteiger charge is -2.23. The Morgan fingerprint density at radius 1 is 1.14 bits per heavy atom. The standard InChI is InChI=1S/C25H26N4O5S/c1-16-20(32-2)12-18(13-21(16)33-3)24(30)29(11-7-10-17-8-5-4-6-9-17)14-22-26-19(15-35-22)23-27-25(31)34-28-23/h4-6,8-9,12-13,15H,7,10-11,14H2,1-3H3,(H,27,28,31). The van der Waals surface area contributed by atoms with E-state index >= 15 is 0 Å². The number of aromatic amines is 1. The second-order valence-electron chi connectivity index (χ2n) is 7.89. The molecular weight excluding hydrogens is 468 g/mol. The highest BCUT2D eigenvalue weighted by atomic mass is 32.1. The molecule has 4 aromatic rings. The molecule has 10 heteroatoms. The number of carbonyl (C=O) groups is 1. The highest BCUT2D eigenvalue weighted by Gasteiger charge is 2.21. The maximum Gasteiger partial charge on any atom is 0.439 e. The normalized spacial score (nSPS) is 10.8. The molecule has 0 aliphatic carbocycles. The van der Waals surface area contributed by atoms with Gasteiger partial charge in [-0.2, -0.15) is 0 Å². The van der Waals surface area contributed by atoms with Crippen molar-refractivity contribution in [3.05, 3.63) is 80.1 Å². The third-order valence-corrected chi connectivity index (χ3v) is 6.42. The predicted molar refractivity (Wildman–Crippen MR) is 132 cm³/mol. The molecule has 0 bridgehead atoms. The van der Waals surface area contributed by atoms with Crippen LogP contribution >= 0.6 is 11.3 Å². The molecule has 2 heterocycles. The van der Waals surface area contributed by atoms with Crippen molar-refractivity contribution in [3.63, 3.8) is 0 Å². The number of benzene rings is 2. The summed E-state index contributed by atoms with van der Waals surface area (Å²) in [6, 6.07) is 13.6. The van der Waals surface area contributed by atoms with Crippen LogP contribution in [-0.4, -0.2) is 46.7 Å². The van der Waals surface area contributed by atoms with Crippen LogP contribution in [0.5, 0.6) is 11.5 Å². The molecule has 182 valence electrons. The molecule has 0 unspecified atom stereocenters. The molecule has 4 rings (SSSR count). The minimum Gasteiger partial charge on any atom is -0.496 e. The van der Waals surface area contributed by atoms with Crippen LogP contribution in [0.4, 0.5) is 0 Å². The van der Waals surface area contributed by atoms with Gasteiger partial charge in [0.25, 0.3) is 5.91 Å². The third kappa shape index (κ3) is 5.78. The van der Waals surface area contributed by atoms with Crippen molar-refractivity contribution in [1.82, 2.24) is 20.0 Å². The van der Waals surface area contributed by atoms with Crippen LogP contribution in [0.1, 0.15) is 32.9 Å². The molecule has 0 aliphatic rings. The van der Waals surface area contributed by atoms with Gasteiger partial charge in [0.2, 0.25) is 5.82 Å². The number of nitrogens with one attached hydrogen (secondary N) is 1. The lowest BCUT2D eigenvalue weighted by Crippen LogP contribution is -2.32. The van der Waals surface area contributed by atoms with E-state index in [0.717, 1.165) is 18.4 Å². The second-order valence-corrected chi connectivity index (χ2v) is 8.83. The number of amides is 1. The van der Waals surface area contributed by atoms with Crippen LogP contribution in [0.25, 0.3) is 11.5 Å². The summed E-state index contributed by atoms with van der Waals surface area (Å²) in [7, 11) is 3.14. The molecular formula is C25H26N4O5S. The number of H-pyrrole nitrogens is 1. The number of aromatic nitrogens is 3. The number of thiazole rings is 1. The zero-order chi connectivity index (χ0) is 24.8. The van der Waals surface area contributed by atoms with Crippen LogP contribution in [0.3, 0.4) is 0 Å². The zero-order valence-electron chi connectivity index (χ0n) is 19.7. The SMILES string of the molecule is COc1cc(C(=O)N(CCCc2ccccc2)Cc2nc(-c3noc(=O)[nH]3)cs2)cc(OC)c1C. The number of methoxy groups -OCH3 is 2. The first kappa shape index (κ1) is 24.2. The van der Waals surface area contributed by atoms with Crippen LogP contribution < -0.4 is 15.2 Å². The van der Waals surface area contributed by atoms with Crippen LogP contribution in [-0.2, 0) is 13.0 Å². The van der Waals surface area contributed by atoms with Gasteiger partial charge in [-0.25, -0.2) is 9.78 Å². The van der Waals surface area contributed by atoms with Gasteiger partial charge >= 0.3 is 5.76 Å². The molecule has 2 aromatic heterocycles. The van der Waals surface area contributed by atoms with Crippen LogP contribution in [0.2, 0.25) is 0 Å². The second kappa shape index (κ2) is 11.0. The number of ether oxygens (including phenoxy) is 2. The molecule has 1 N–H and O–H groups in total. The molecule has 2 aromatic carbocycles. The van der Waals surface area contributed by atoms with E-state index in [4.69, 9.17) is 9.47 Å². The molecule has 35 heavy (non-hydrogen) atoms. The highest BCUT2D eigenvalue weighted by Crippen LogP contribution is 2.30. The Morgan fingerprint density at radius 3 is 2.49 bits per heavy atom. The van der Waals surface area contributed by atoms with Gasteiger partial charge in [0.1, 0.15) is 22.2 Å². The van der Waals surface area contributed by atoms with Gasteiger partial charge in [-0.3, -0.25) is 14.3 Å². The lowest BCUT2D eigenvalue weighted by atomic mass is 10.1. The topological polar surface area (TPSA) is 111 Å². The van der Waals surface area contributed by atoms with Crippen molar-refractivity contribution in [2.24, 2.45) is 0 Å². The number of nitrogens with zero attached hydrogens (tertiary/aromatic N) is 3. The lowest BCUT2D eigenvalue weighted by molar-refractivity contribution is 0.0740. The van der Waals surface area contributed by atoms with Crippen molar-refractivity contribution in [1.29, 1.82) is 0 Å². The van der Waals surface area contributed by atoms with Gasteiger partial charge in [0.15, 0.2) is 0 Å². The quantitative estimate of drug-likeness (QED) is 0.354. The molecule has 0 fully saturated rings. The molecule has 0 aliphatic heterocycles. The molecule has 9 nitrogen and oxygen atoms in total. The fourth-order valence-electron chi connectivity index (χ4n) is 3.76. The molecule has 1 amide bonds. The van der Waals surface area contributed by atoms with Crippen molar-refractivity contribution in [2.75, 3.05) is 20.8 Å². The fraction of sp³-hybridized carbons (Fsp3) is 0.280. The van der Waals surface area contributed by atoms with E-state index in [2.05, 4.69) is 31.8 Å². The van der Waals surface area contributed by atoms with Crippen molar-refractivity contribution < 1.29 is 18.8 Å². The summed E-state index contributed by atoms with van der Waals surface area (Å²) >= 11 is 1.38. The van der Waals surface area contributed by atoms with Gasteiger partial charge in [-0.05, 0) is 37.5 Å². The van der Waals surface area contributed by atoms with Crippen LogP contribution in [0.15, 0.2) is 57.2 Å². The zero-order valence-corrected chi connectivity index (χ0v) is 20.6. The van der Waals surface area contributed by atoms with Gasteiger partial charge in [0, 0.05) is 23.1 Å². The van der Waals surface area contributed by atoms with Crippen LogP contribution in [0, 0.1) is 6.92 Å². The summed E-state index contributed by atoms with van der Waals surface area (Å²) in [6.07, 6.45) is 1.62. The smallest absolute Gasteiger partial charge is 0.439 e. The summed E-state index contributed by atoms with van der Waals surface area (Å²) in [4.78, 5) is 33.7. The number of carbonyl (C=O) groups excluding carboxylic acids is 1. The maximum absolute atomic E-state index is 13.6. The monoisotopic (exact) mass is 494 g/mol. The fourth-order valence-corrected chi connectivity index (χ4v) is 4.55. The first-order chi connectivity index (χ1) is 17.0. The minimum atomic E-state index is -0.644. The number of hydrogen-bond donors (Lipinski definition) is 1. The summed E-state index contributed by atoms with van der Waals surface area (Å²) in [5.41, 5.74) is 3.01. The first-order valence-electron chi connectivity index (χ1n) is 11.0. The Kier molecular flexibility index (Phi) is 7.61. The molecule has 0 saturated heterocycles. The van der Waals surface area contributed by atoms with Gasteiger partial charge < -0.3 is 14.4 Å². The summed E-state index contributed by atoms with van der Waals surface area (Å²) in [6.45, 7) is 2.72. The van der Waals surface area contributed by atoms with Crippen molar-refractivity contribution in [3.8, 4) is 23.0 Å². The van der Waals surface area contributed by atoms with Crippen molar-refractivity contribution >= 4 is 17.2 Å². The summed E-state index contributed by atoms with van der Waals surface area (Å²) < 4.78 is 15.5. The van der Waals surface area contributed by atoms with E-state index in [0.29, 0.717) is 40.9 Å². The Labute approximate surface area is 206 Å². The van der Waals surface area contributed by atoms with E-state index in [1.807, 2.05) is 25.1 Å². The Morgan fingerprint density at radius 2 is 1.86 bits per heavy atom. The van der Waals surface area contributed by atoms with E-state index in [-0.39, 0.29) is 11.7 Å². The highest BCUT2D eigenvalue weighted by molar-refractivity contribution is 7.09. The van der Waals surface area contributed by atoms with E-state index < -0.39 is 5.76 Å². The Bertz CT molecular complexity index is 1320. The molecule has 0 atom stereocenters. The maximum atomic E-state index is 13.6. The predicted octanol–water partition coefficient (Wildman–Crippen LogP) is 4.09. The van der Waals surface area contributed by atoms with Gasteiger partial charge in [-0.1, -0.05) is 35.5 Å². The minimum absolute atomic E-state index is 0.152. The van der Waals surface area contributed by atoms with Gasteiger partial charge in [0.05, 0.1) is 20.8 Å².